The SMILES string of the molecule is CC(C)(C)C(=O)N1CCN(C(=O)C(C)(C)C)C1. The summed E-state index contributed by atoms with van der Waals surface area (Å²) in [5, 5.41) is 0. The Hall–Kier alpha value is -1.06. The molecule has 2 amide bonds. The molecule has 1 aliphatic heterocycles. The van der Waals surface area contributed by atoms with Crippen LogP contribution in [0.15, 0.2) is 0 Å². The molecule has 4 heteroatoms. The van der Waals surface area contributed by atoms with Crippen LogP contribution >= 0.6 is 0 Å². The number of amides is 2. The first-order valence-corrected chi connectivity index (χ1v) is 6.12. The molecule has 0 N–H and O–H groups in total. The molecule has 0 atom stereocenters. The second-order valence-corrected chi connectivity index (χ2v) is 6.78. The lowest BCUT2D eigenvalue weighted by Crippen LogP contribution is -2.42. The van der Waals surface area contributed by atoms with Gasteiger partial charge in [-0.05, 0) is 0 Å². The third kappa shape index (κ3) is 3.20. The van der Waals surface area contributed by atoms with Crippen molar-refractivity contribution in [3.63, 3.8) is 0 Å². The number of hydrogen-bond acceptors (Lipinski definition) is 2. The number of hydrogen-bond donors (Lipinski definition) is 0. The fourth-order valence-corrected chi connectivity index (χ4v) is 1.87. The van der Waals surface area contributed by atoms with Crippen molar-refractivity contribution in [2.24, 2.45) is 10.8 Å². The fourth-order valence-electron chi connectivity index (χ4n) is 1.87. The van der Waals surface area contributed by atoms with Gasteiger partial charge in [0.25, 0.3) is 0 Å². The van der Waals surface area contributed by atoms with Crippen molar-refractivity contribution in [1.29, 1.82) is 0 Å². The summed E-state index contributed by atoms with van der Waals surface area (Å²) in [6.45, 7) is 13.2. The van der Waals surface area contributed by atoms with Gasteiger partial charge in [-0.1, -0.05) is 41.5 Å². The molecule has 0 spiro atoms. The first-order chi connectivity index (χ1) is 7.53. The normalized spacial score (nSPS) is 17.5. The van der Waals surface area contributed by atoms with Crippen LogP contribution in [0.2, 0.25) is 0 Å². The van der Waals surface area contributed by atoms with Crippen molar-refractivity contribution in [2.45, 2.75) is 41.5 Å². The van der Waals surface area contributed by atoms with Crippen molar-refractivity contribution >= 4 is 11.8 Å². The molecular formula is C13H24N2O2. The molecule has 0 unspecified atom stereocenters. The van der Waals surface area contributed by atoms with E-state index in [0.29, 0.717) is 19.8 Å². The summed E-state index contributed by atoms with van der Waals surface area (Å²) >= 11 is 0. The van der Waals surface area contributed by atoms with Crippen LogP contribution in [-0.2, 0) is 9.59 Å². The lowest BCUT2D eigenvalue weighted by atomic mass is 9.95. The second kappa shape index (κ2) is 4.31. The standard InChI is InChI=1S/C13H24N2O2/c1-12(2,3)10(16)14-7-8-15(9-14)11(17)13(4,5)6/h7-9H2,1-6H3. The fraction of sp³-hybridized carbons (Fsp3) is 0.846. The van der Waals surface area contributed by atoms with Crippen LogP contribution in [0, 0.1) is 10.8 Å². The minimum Gasteiger partial charge on any atom is -0.323 e. The zero-order valence-corrected chi connectivity index (χ0v) is 11.8. The molecule has 0 aliphatic carbocycles. The summed E-state index contributed by atoms with van der Waals surface area (Å²) in [5.74, 6) is 0.225. The van der Waals surface area contributed by atoms with Crippen LogP contribution in [0.3, 0.4) is 0 Å². The Morgan fingerprint density at radius 3 is 1.29 bits per heavy atom. The van der Waals surface area contributed by atoms with Gasteiger partial charge in [-0.2, -0.15) is 0 Å². The molecular weight excluding hydrogens is 216 g/mol. The zero-order valence-electron chi connectivity index (χ0n) is 11.8. The summed E-state index contributed by atoms with van der Waals surface area (Å²) in [5.41, 5.74) is -0.748. The van der Waals surface area contributed by atoms with Crippen LogP contribution < -0.4 is 0 Å². The van der Waals surface area contributed by atoms with E-state index in [0.717, 1.165) is 0 Å². The van der Waals surface area contributed by atoms with E-state index in [1.165, 1.54) is 0 Å². The van der Waals surface area contributed by atoms with Crippen LogP contribution in [0.25, 0.3) is 0 Å². The van der Waals surface area contributed by atoms with Gasteiger partial charge in [0.1, 0.15) is 0 Å². The Morgan fingerprint density at radius 2 is 1.06 bits per heavy atom. The van der Waals surface area contributed by atoms with Crippen LogP contribution in [-0.4, -0.2) is 41.4 Å². The maximum atomic E-state index is 12.1. The molecule has 0 aromatic rings. The molecule has 98 valence electrons. The quantitative estimate of drug-likeness (QED) is 0.646. The summed E-state index contributed by atoms with van der Waals surface area (Å²) < 4.78 is 0. The number of nitrogens with zero attached hydrogens (tertiary/aromatic N) is 2. The predicted octanol–water partition coefficient (Wildman–Crippen LogP) is 1.71. The van der Waals surface area contributed by atoms with Gasteiger partial charge in [-0.25, -0.2) is 0 Å². The molecule has 1 rings (SSSR count). The van der Waals surface area contributed by atoms with Gasteiger partial charge < -0.3 is 9.80 Å². The van der Waals surface area contributed by atoms with E-state index >= 15 is 0 Å². The average Bonchev–Trinajstić information content (AvgIpc) is 2.60. The Kier molecular flexibility index (Phi) is 3.55. The lowest BCUT2D eigenvalue weighted by Gasteiger charge is -2.28. The molecule has 17 heavy (non-hydrogen) atoms. The number of carbonyl (C=O) groups is 2. The largest absolute Gasteiger partial charge is 0.323 e. The van der Waals surface area contributed by atoms with E-state index in [4.69, 9.17) is 0 Å². The summed E-state index contributed by atoms with van der Waals surface area (Å²) in [4.78, 5) is 27.7. The molecule has 1 aliphatic rings. The van der Waals surface area contributed by atoms with E-state index in [9.17, 15) is 9.59 Å². The maximum absolute atomic E-state index is 12.1. The maximum Gasteiger partial charge on any atom is 0.229 e. The monoisotopic (exact) mass is 240 g/mol. The summed E-state index contributed by atoms with van der Waals surface area (Å²) in [7, 11) is 0. The Labute approximate surface area is 104 Å². The van der Waals surface area contributed by atoms with E-state index in [-0.39, 0.29) is 22.6 Å². The van der Waals surface area contributed by atoms with E-state index in [1.807, 2.05) is 41.5 Å². The minimum atomic E-state index is -0.374. The topological polar surface area (TPSA) is 40.6 Å². The molecule has 0 aromatic carbocycles. The highest BCUT2D eigenvalue weighted by atomic mass is 16.2. The van der Waals surface area contributed by atoms with Crippen molar-refractivity contribution in [1.82, 2.24) is 9.80 Å². The number of rotatable bonds is 0. The second-order valence-electron chi connectivity index (χ2n) is 6.78. The molecule has 1 fully saturated rings. The van der Waals surface area contributed by atoms with Crippen molar-refractivity contribution in [3.05, 3.63) is 0 Å². The van der Waals surface area contributed by atoms with Gasteiger partial charge >= 0.3 is 0 Å². The number of carbonyl (C=O) groups excluding carboxylic acids is 2. The lowest BCUT2D eigenvalue weighted by molar-refractivity contribution is -0.142. The van der Waals surface area contributed by atoms with Crippen LogP contribution in [0.4, 0.5) is 0 Å². The van der Waals surface area contributed by atoms with Gasteiger partial charge in [0.05, 0.1) is 6.67 Å². The summed E-state index contributed by atoms with van der Waals surface area (Å²) in [6, 6.07) is 0. The highest BCUT2D eigenvalue weighted by Gasteiger charge is 2.36. The van der Waals surface area contributed by atoms with Crippen molar-refractivity contribution in [3.8, 4) is 0 Å². The van der Waals surface area contributed by atoms with E-state index < -0.39 is 0 Å². The molecule has 1 saturated heterocycles. The smallest absolute Gasteiger partial charge is 0.229 e. The molecule has 0 saturated carbocycles. The first-order valence-electron chi connectivity index (χ1n) is 6.12. The van der Waals surface area contributed by atoms with E-state index in [2.05, 4.69) is 0 Å². The molecule has 0 bridgehead atoms. The minimum absolute atomic E-state index is 0.113. The predicted molar refractivity (Wildman–Crippen MR) is 67.2 cm³/mol. The van der Waals surface area contributed by atoms with Gasteiger partial charge in [0, 0.05) is 23.9 Å². The van der Waals surface area contributed by atoms with Gasteiger partial charge in [0.2, 0.25) is 11.8 Å². The highest BCUT2D eigenvalue weighted by molar-refractivity contribution is 5.85. The van der Waals surface area contributed by atoms with Crippen molar-refractivity contribution < 1.29 is 9.59 Å². The highest BCUT2D eigenvalue weighted by Crippen LogP contribution is 2.23. The Bertz CT molecular complexity index is 291. The van der Waals surface area contributed by atoms with E-state index in [1.54, 1.807) is 9.80 Å². The molecule has 1 heterocycles. The van der Waals surface area contributed by atoms with Crippen LogP contribution in [0.5, 0.6) is 0 Å². The van der Waals surface area contributed by atoms with Gasteiger partial charge in [0.15, 0.2) is 0 Å². The Balaban J connectivity index is 2.66. The third-order valence-corrected chi connectivity index (χ3v) is 2.84. The third-order valence-electron chi connectivity index (χ3n) is 2.84. The molecule has 0 aromatic heterocycles. The van der Waals surface area contributed by atoms with Crippen molar-refractivity contribution in [2.75, 3.05) is 19.8 Å². The Morgan fingerprint density at radius 1 is 0.765 bits per heavy atom. The van der Waals surface area contributed by atoms with Crippen LogP contribution in [0.1, 0.15) is 41.5 Å². The zero-order chi connectivity index (χ0) is 13.4. The first kappa shape index (κ1) is 14.0. The van der Waals surface area contributed by atoms with Gasteiger partial charge in [-0.15, -0.1) is 0 Å². The average molecular weight is 240 g/mol. The molecule has 0 radical (unpaired) electrons. The summed E-state index contributed by atoms with van der Waals surface area (Å²) in [6.07, 6.45) is 0. The van der Waals surface area contributed by atoms with Gasteiger partial charge in [-0.3, -0.25) is 9.59 Å². The molecule has 4 nitrogen and oxygen atoms in total.